The number of aliphatic hydroxyl groups is 1. The summed E-state index contributed by atoms with van der Waals surface area (Å²) in [4.78, 5) is 13.3. The molecule has 0 aliphatic carbocycles. The van der Waals surface area contributed by atoms with Crippen molar-refractivity contribution in [2.45, 2.75) is 32.0 Å². The average Bonchev–Trinajstić information content (AvgIpc) is 2.37. The highest BCUT2D eigenvalue weighted by molar-refractivity contribution is 6.42. The van der Waals surface area contributed by atoms with Gasteiger partial charge in [-0.05, 0) is 39.0 Å². The second-order valence-corrected chi connectivity index (χ2v) is 5.82. The second-order valence-electron chi connectivity index (χ2n) is 5.01. The van der Waals surface area contributed by atoms with E-state index in [9.17, 15) is 9.90 Å². The molecule has 0 bridgehead atoms. The number of anilines is 1. The van der Waals surface area contributed by atoms with Gasteiger partial charge in [-0.3, -0.25) is 4.90 Å². The van der Waals surface area contributed by atoms with Gasteiger partial charge in [0.25, 0.3) is 0 Å². The molecule has 1 aliphatic heterocycles. The van der Waals surface area contributed by atoms with Crippen molar-refractivity contribution < 1.29 is 9.90 Å². The summed E-state index contributed by atoms with van der Waals surface area (Å²) in [6.07, 6.45) is 0. The smallest absolute Gasteiger partial charge is 0.324 e. The number of halogens is 2. The number of urea groups is 1. The van der Waals surface area contributed by atoms with Gasteiger partial charge in [0, 0.05) is 0 Å². The Labute approximate surface area is 115 Å². The zero-order valence-corrected chi connectivity index (χ0v) is 11.8. The minimum absolute atomic E-state index is 0.336. The van der Waals surface area contributed by atoms with E-state index in [1.165, 1.54) is 4.90 Å². The van der Waals surface area contributed by atoms with Crippen LogP contribution in [-0.4, -0.2) is 22.4 Å². The molecule has 1 unspecified atom stereocenters. The van der Waals surface area contributed by atoms with Crippen molar-refractivity contribution in [1.29, 1.82) is 0 Å². The van der Waals surface area contributed by atoms with Gasteiger partial charge in [0.15, 0.2) is 5.72 Å². The minimum Gasteiger partial charge on any atom is -0.368 e. The molecule has 1 aromatic carbocycles. The van der Waals surface area contributed by atoms with Gasteiger partial charge in [-0.2, -0.15) is 0 Å². The van der Waals surface area contributed by atoms with Gasteiger partial charge < -0.3 is 10.4 Å². The topological polar surface area (TPSA) is 52.6 Å². The first-order valence-electron chi connectivity index (χ1n) is 5.46. The van der Waals surface area contributed by atoms with Crippen molar-refractivity contribution in [3.8, 4) is 0 Å². The molecular weight excluding hydrogens is 275 g/mol. The third-order valence-electron chi connectivity index (χ3n) is 3.40. The minimum atomic E-state index is -1.36. The molecule has 98 valence electrons. The number of hydrogen-bond acceptors (Lipinski definition) is 2. The van der Waals surface area contributed by atoms with Crippen molar-refractivity contribution in [1.82, 2.24) is 5.32 Å². The van der Waals surface area contributed by atoms with Crippen LogP contribution in [0.2, 0.25) is 10.0 Å². The fourth-order valence-corrected chi connectivity index (χ4v) is 2.20. The first-order valence-corrected chi connectivity index (χ1v) is 6.22. The van der Waals surface area contributed by atoms with E-state index >= 15 is 0 Å². The Morgan fingerprint density at radius 3 is 2.28 bits per heavy atom. The highest BCUT2D eigenvalue weighted by atomic mass is 35.5. The molecule has 0 saturated carbocycles. The number of carbonyl (C=O) groups is 1. The normalized spacial score (nSPS) is 26.3. The molecule has 0 aromatic heterocycles. The van der Waals surface area contributed by atoms with E-state index in [4.69, 9.17) is 23.2 Å². The van der Waals surface area contributed by atoms with Crippen molar-refractivity contribution in [3.05, 3.63) is 28.2 Å². The van der Waals surface area contributed by atoms with Crippen LogP contribution >= 0.6 is 23.2 Å². The van der Waals surface area contributed by atoms with Crippen LogP contribution < -0.4 is 10.2 Å². The van der Waals surface area contributed by atoms with Gasteiger partial charge in [0.05, 0.1) is 21.3 Å². The van der Waals surface area contributed by atoms with E-state index < -0.39 is 11.3 Å². The SMILES string of the molecule is CC1(C)NC(=O)N(c2ccc(Cl)c(Cl)c2)C1(C)O. The molecule has 0 spiro atoms. The summed E-state index contributed by atoms with van der Waals surface area (Å²) in [6.45, 7) is 5.08. The molecule has 18 heavy (non-hydrogen) atoms. The molecule has 1 aromatic rings. The van der Waals surface area contributed by atoms with E-state index in [0.717, 1.165) is 0 Å². The zero-order valence-electron chi connectivity index (χ0n) is 10.3. The van der Waals surface area contributed by atoms with Gasteiger partial charge in [-0.1, -0.05) is 23.2 Å². The number of carbonyl (C=O) groups excluding carboxylic acids is 1. The number of hydrogen-bond donors (Lipinski definition) is 2. The highest BCUT2D eigenvalue weighted by Crippen LogP contribution is 2.38. The summed E-state index contributed by atoms with van der Waals surface area (Å²) >= 11 is 11.8. The number of nitrogens with zero attached hydrogens (tertiary/aromatic N) is 1. The lowest BCUT2D eigenvalue weighted by molar-refractivity contribution is 0.0132. The molecule has 0 radical (unpaired) electrons. The lowest BCUT2D eigenvalue weighted by atomic mass is 9.93. The van der Waals surface area contributed by atoms with Crippen LogP contribution in [0.1, 0.15) is 20.8 Å². The zero-order chi connectivity index (χ0) is 13.7. The summed E-state index contributed by atoms with van der Waals surface area (Å²) in [5, 5.41) is 14.0. The van der Waals surface area contributed by atoms with E-state index in [2.05, 4.69) is 5.32 Å². The Bertz CT molecular complexity index is 515. The van der Waals surface area contributed by atoms with Gasteiger partial charge in [0.2, 0.25) is 0 Å². The monoisotopic (exact) mass is 288 g/mol. The lowest BCUT2D eigenvalue weighted by Gasteiger charge is -2.37. The van der Waals surface area contributed by atoms with Crippen molar-refractivity contribution in [3.63, 3.8) is 0 Å². The third kappa shape index (κ3) is 1.85. The Balaban J connectivity index is 2.50. The van der Waals surface area contributed by atoms with Crippen LogP contribution in [0.15, 0.2) is 18.2 Å². The van der Waals surface area contributed by atoms with Crippen LogP contribution in [0.4, 0.5) is 10.5 Å². The molecule has 4 nitrogen and oxygen atoms in total. The van der Waals surface area contributed by atoms with E-state index in [-0.39, 0.29) is 6.03 Å². The number of rotatable bonds is 1. The highest BCUT2D eigenvalue weighted by Gasteiger charge is 2.54. The molecule has 2 rings (SSSR count). The maximum atomic E-state index is 12.0. The third-order valence-corrected chi connectivity index (χ3v) is 4.14. The summed E-state index contributed by atoms with van der Waals surface area (Å²) < 4.78 is 0. The molecule has 6 heteroatoms. The standard InChI is InChI=1S/C12H14Cl2N2O2/c1-11(2)12(3,18)16(10(17)15-11)7-4-5-8(13)9(14)6-7/h4-6,18H,1-3H3,(H,15,17). The van der Waals surface area contributed by atoms with Crippen LogP contribution in [0.5, 0.6) is 0 Å². The van der Waals surface area contributed by atoms with Crippen molar-refractivity contribution >= 4 is 34.9 Å². The molecule has 2 N–H and O–H groups in total. The first-order chi connectivity index (χ1) is 8.17. The number of benzene rings is 1. The Morgan fingerprint density at radius 1 is 1.22 bits per heavy atom. The Hall–Kier alpha value is -0.970. The molecule has 2 amide bonds. The van der Waals surface area contributed by atoms with Crippen molar-refractivity contribution in [2.24, 2.45) is 0 Å². The Kier molecular flexibility index (Phi) is 3.00. The molecule has 1 fully saturated rings. The maximum Gasteiger partial charge on any atom is 0.324 e. The van der Waals surface area contributed by atoms with Crippen LogP contribution in [0.3, 0.4) is 0 Å². The first kappa shape index (κ1) is 13.5. The lowest BCUT2D eigenvalue weighted by Crippen LogP contribution is -2.55. The van der Waals surface area contributed by atoms with Crippen LogP contribution in [0, 0.1) is 0 Å². The maximum absolute atomic E-state index is 12.0. The number of nitrogens with one attached hydrogen (secondary N) is 1. The van der Waals surface area contributed by atoms with Crippen LogP contribution in [-0.2, 0) is 0 Å². The van der Waals surface area contributed by atoms with E-state index in [0.29, 0.717) is 15.7 Å². The predicted octanol–water partition coefficient (Wildman–Crippen LogP) is 3.01. The fourth-order valence-electron chi connectivity index (χ4n) is 1.91. The second kappa shape index (κ2) is 4.02. The fraction of sp³-hybridized carbons (Fsp3) is 0.417. The summed E-state index contributed by atoms with van der Waals surface area (Å²) in [6, 6.07) is 4.42. The van der Waals surface area contributed by atoms with E-state index in [1.54, 1.807) is 39.0 Å². The molecule has 1 aliphatic rings. The van der Waals surface area contributed by atoms with Crippen molar-refractivity contribution in [2.75, 3.05) is 4.90 Å². The molecular formula is C12H14Cl2N2O2. The Morgan fingerprint density at radius 2 is 1.83 bits per heavy atom. The van der Waals surface area contributed by atoms with Gasteiger partial charge >= 0.3 is 6.03 Å². The van der Waals surface area contributed by atoms with Gasteiger partial charge in [-0.25, -0.2) is 4.79 Å². The average molecular weight is 289 g/mol. The van der Waals surface area contributed by atoms with Gasteiger partial charge in [0.1, 0.15) is 0 Å². The quantitative estimate of drug-likeness (QED) is 0.835. The number of amides is 2. The molecule has 1 heterocycles. The largest absolute Gasteiger partial charge is 0.368 e. The predicted molar refractivity (Wildman–Crippen MR) is 72.2 cm³/mol. The van der Waals surface area contributed by atoms with E-state index in [1.807, 2.05) is 0 Å². The van der Waals surface area contributed by atoms with Crippen LogP contribution in [0.25, 0.3) is 0 Å². The summed E-state index contributed by atoms with van der Waals surface area (Å²) in [5.41, 5.74) is -1.63. The van der Waals surface area contributed by atoms with Gasteiger partial charge in [-0.15, -0.1) is 0 Å². The summed E-state index contributed by atoms with van der Waals surface area (Å²) in [5.74, 6) is 0. The molecule has 1 atom stereocenters. The molecule has 1 saturated heterocycles. The summed E-state index contributed by atoms with van der Waals surface area (Å²) in [7, 11) is 0.